The van der Waals surface area contributed by atoms with E-state index in [9.17, 15) is 4.79 Å². The average Bonchev–Trinajstić information content (AvgIpc) is 3.40. The van der Waals surface area contributed by atoms with Crippen molar-refractivity contribution < 1.29 is 14.2 Å². The van der Waals surface area contributed by atoms with Crippen LogP contribution in [0.25, 0.3) is 10.9 Å². The smallest absolute Gasteiger partial charge is 0.253 e. The second-order valence-electron chi connectivity index (χ2n) is 8.32. The summed E-state index contributed by atoms with van der Waals surface area (Å²) >= 11 is 5.69. The number of hydrogen-bond donors (Lipinski definition) is 2. The molecule has 8 nitrogen and oxygen atoms in total. The summed E-state index contributed by atoms with van der Waals surface area (Å²) in [5, 5.41) is 4.91. The topological polar surface area (TPSA) is 79.1 Å². The predicted molar refractivity (Wildman–Crippen MR) is 124 cm³/mol. The Morgan fingerprint density at radius 3 is 2.81 bits per heavy atom. The molecule has 2 N–H and O–H groups in total. The normalized spacial score (nSPS) is 17.5. The minimum atomic E-state index is -0.126. The number of pyridine rings is 1. The Kier molecular flexibility index (Phi) is 6.94. The van der Waals surface area contributed by atoms with Gasteiger partial charge < -0.3 is 34.3 Å². The highest BCUT2D eigenvalue weighted by Crippen LogP contribution is 2.35. The molecule has 1 atom stereocenters. The van der Waals surface area contributed by atoms with Crippen LogP contribution in [-0.2, 0) is 11.3 Å². The van der Waals surface area contributed by atoms with Crippen LogP contribution >= 0.6 is 12.2 Å². The fraction of sp³-hybridized carbons (Fsp3) is 0.545. The van der Waals surface area contributed by atoms with Crippen LogP contribution in [0.3, 0.4) is 0 Å². The Hall–Kier alpha value is -2.36. The SMILES string of the molecule is CN(C)CCCNC(=S)N(Cc1cc2cc3c(cc2[nH]c1=O)OCO3)C[C@@H]1CCCO1. The van der Waals surface area contributed by atoms with Crippen LogP contribution in [0.2, 0.25) is 0 Å². The van der Waals surface area contributed by atoms with Crippen molar-refractivity contribution in [2.75, 3.05) is 47.1 Å². The van der Waals surface area contributed by atoms with Crippen molar-refractivity contribution in [2.45, 2.75) is 31.9 Å². The minimum absolute atomic E-state index is 0.126. The van der Waals surface area contributed by atoms with Gasteiger partial charge in [0.15, 0.2) is 16.6 Å². The highest BCUT2D eigenvalue weighted by molar-refractivity contribution is 7.80. The van der Waals surface area contributed by atoms with Crippen LogP contribution in [0.5, 0.6) is 11.5 Å². The highest BCUT2D eigenvalue weighted by Gasteiger charge is 2.22. The molecule has 1 fully saturated rings. The van der Waals surface area contributed by atoms with E-state index >= 15 is 0 Å². The molecule has 0 unspecified atom stereocenters. The van der Waals surface area contributed by atoms with Gasteiger partial charge in [0, 0.05) is 36.7 Å². The van der Waals surface area contributed by atoms with Crippen LogP contribution in [0.15, 0.2) is 23.0 Å². The maximum Gasteiger partial charge on any atom is 0.253 e. The van der Waals surface area contributed by atoms with Crippen LogP contribution in [0, 0.1) is 0 Å². The Bertz CT molecular complexity index is 987. The molecule has 1 aromatic carbocycles. The molecule has 4 rings (SSSR count). The van der Waals surface area contributed by atoms with Gasteiger partial charge in [-0.1, -0.05) is 0 Å². The van der Waals surface area contributed by atoms with Gasteiger partial charge in [-0.2, -0.15) is 0 Å². The van der Waals surface area contributed by atoms with Gasteiger partial charge in [-0.3, -0.25) is 4.79 Å². The third-order valence-electron chi connectivity index (χ3n) is 5.57. The lowest BCUT2D eigenvalue weighted by Gasteiger charge is -2.28. The zero-order valence-electron chi connectivity index (χ0n) is 18.1. The molecule has 2 aliphatic heterocycles. The van der Waals surface area contributed by atoms with Crippen molar-refractivity contribution in [1.82, 2.24) is 20.1 Å². The summed E-state index contributed by atoms with van der Waals surface area (Å²) < 4.78 is 16.7. The van der Waals surface area contributed by atoms with Crippen LogP contribution in [0.4, 0.5) is 0 Å². The first-order chi connectivity index (χ1) is 15.0. The van der Waals surface area contributed by atoms with E-state index in [2.05, 4.69) is 29.3 Å². The maximum absolute atomic E-state index is 12.8. The predicted octanol–water partition coefficient (Wildman–Crippen LogP) is 2.06. The summed E-state index contributed by atoms with van der Waals surface area (Å²) in [6.07, 6.45) is 3.20. The molecule has 1 aromatic heterocycles. The standard InChI is InChI=1S/C22H30N4O4S/c1-25(2)7-4-6-23-22(31)26(13-17-5-3-8-28-17)12-16-9-15-10-19-20(30-14-29-19)11-18(15)24-21(16)27/h9-11,17H,3-8,12-14H2,1-2H3,(H,23,31)(H,24,27)/t17-/m0/s1. The van der Waals surface area contributed by atoms with E-state index in [4.69, 9.17) is 26.4 Å². The molecule has 0 radical (unpaired) electrons. The lowest BCUT2D eigenvalue weighted by molar-refractivity contribution is 0.0897. The largest absolute Gasteiger partial charge is 0.454 e. The molecule has 0 bridgehead atoms. The number of thiocarbonyl (C=S) groups is 1. The van der Waals surface area contributed by atoms with E-state index in [1.54, 1.807) is 0 Å². The van der Waals surface area contributed by atoms with Crippen molar-refractivity contribution in [3.63, 3.8) is 0 Å². The van der Waals surface area contributed by atoms with Crippen LogP contribution in [0.1, 0.15) is 24.8 Å². The fourth-order valence-electron chi connectivity index (χ4n) is 3.92. The zero-order valence-corrected chi connectivity index (χ0v) is 18.9. The first kappa shape index (κ1) is 21.9. The number of hydrogen-bond acceptors (Lipinski definition) is 6. The molecule has 0 spiro atoms. The van der Waals surface area contributed by atoms with Gasteiger partial charge in [0.2, 0.25) is 6.79 Å². The van der Waals surface area contributed by atoms with E-state index in [0.29, 0.717) is 35.3 Å². The summed E-state index contributed by atoms with van der Waals surface area (Å²) in [6, 6.07) is 5.62. The van der Waals surface area contributed by atoms with E-state index in [-0.39, 0.29) is 18.5 Å². The Morgan fingerprint density at radius 2 is 2.06 bits per heavy atom. The van der Waals surface area contributed by atoms with Gasteiger partial charge >= 0.3 is 0 Å². The molecule has 0 amide bonds. The minimum Gasteiger partial charge on any atom is -0.454 e. The molecular formula is C22H30N4O4S. The number of rotatable bonds is 8. The monoisotopic (exact) mass is 446 g/mol. The van der Waals surface area contributed by atoms with Gasteiger partial charge in [-0.05, 0) is 64.3 Å². The van der Waals surface area contributed by atoms with E-state index in [0.717, 1.165) is 49.9 Å². The van der Waals surface area contributed by atoms with E-state index in [1.807, 2.05) is 23.1 Å². The number of aromatic amines is 1. The number of nitrogens with one attached hydrogen (secondary N) is 2. The molecule has 0 saturated carbocycles. The summed E-state index contributed by atoms with van der Waals surface area (Å²) in [7, 11) is 4.11. The number of ether oxygens (including phenoxy) is 3. The molecule has 9 heteroatoms. The van der Waals surface area contributed by atoms with Gasteiger partial charge in [-0.15, -0.1) is 0 Å². The summed E-state index contributed by atoms with van der Waals surface area (Å²) in [5.74, 6) is 1.35. The van der Waals surface area contributed by atoms with Crippen molar-refractivity contribution >= 4 is 28.2 Å². The molecule has 1 saturated heterocycles. The van der Waals surface area contributed by atoms with Gasteiger partial charge in [0.05, 0.1) is 18.2 Å². The summed E-state index contributed by atoms with van der Waals surface area (Å²) in [4.78, 5) is 20.0. The average molecular weight is 447 g/mol. The molecule has 3 heterocycles. The van der Waals surface area contributed by atoms with Crippen molar-refractivity contribution in [3.05, 3.63) is 34.1 Å². The molecule has 2 aromatic rings. The lowest BCUT2D eigenvalue weighted by Crippen LogP contribution is -2.44. The van der Waals surface area contributed by atoms with Gasteiger partial charge in [0.1, 0.15) is 0 Å². The Labute approximate surface area is 187 Å². The summed E-state index contributed by atoms with van der Waals surface area (Å²) in [6.45, 7) is 3.84. The van der Waals surface area contributed by atoms with Crippen LogP contribution in [-0.4, -0.2) is 73.1 Å². The molecule has 2 aliphatic rings. The van der Waals surface area contributed by atoms with Gasteiger partial charge in [-0.25, -0.2) is 0 Å². The maximum atomic E-state index is 12.8. The number of fused-ring (bicyclic) bond motifs is 2. The fourth-order valence-corrected chi connectivity index (χ4v) is 4.16. The quantitative estimate of drug-likeness (QED) is 0.471. The Balaban J connectivity index is 1.51. The second kappa shape index (κ2) is 9.84. The van der Waals surface area contributed by atoms with Crippen molar-refractivity contribution in [2.24, 2.45) is 0 Å². The van der Waals surface area contributed by atoms with E-state index in [1.165, 1.54) is 0 Å². The van der Waals surface area contributed by atoms with E-state index < -0.39 is 0 Å². The molecule has 0 aliphatic carbocycles. The number of nitrogens with zero attached hydrogens (tertiary/aromatic N) is 2. The first-order valence-electron chi connectivity index (χ1n) is 10.7. The third kappa shape index (κ3) is 5.47. The van der Waals surface area contributed by atoms with Crippen molar-refractivity contribution in [3.8, 4) is 11.5 Å². The molecule has 31 heavy (non-hydrogen) atoms. The molecular weight excluding hydrogens is 416 g/mol. The number of benzene rings is 1. The highest BCUT2D eigenvalue weighted by atomic mass is 32.1. The van der Waals surface area contributed by atoms with Crippen molar-refractivity contribution in [1.29, 1.82) is 0 Å². The van der Waals surface area contributed by atoms with Crippen LogP contribution < -0.4 is 20.3 Å². The number of aromatic nitrogens is 1. The van der Waals surface area contributed by atoms with Gasteiger partial charge in [0.25, 0.3) is 5.56 Å². The lowest BCUT2D eigenvalue weighted by atomic mass is 10.1. The Morgan fingerprint density at radius 1 is 1.26 bits per heavy atom. The second-order valence-corrected chi connectivity index (χ2v) is 8.71. The zero-order chi connectivity index (χ0) is 21.8. The third-order valence-corrected chi connectivity index (χ3v) is 5.97. The summed E-state index contributed by atoms with van der Waals surface area (Å²) in [5.41, 5.74) is 1.26. The molecule has 168 valence electrons. The number of H-pyrrole nitrogens is 1. The first-order valence-corrected chi connectivity index (χ1v) is 11.1.